The van der Waals surface area contributed by atoms with Crippen LogP contribution in [0.15, 0.2) is 29.0 Å². The van der Waals surface area contributed by atoms with Crippen LogP contribution in [-0.4, -0.2) is 51.2 Å². The average molecular weight is 316 g/mol. The van der Waals surface area contributed by atoms with Crippen molar-refractivity contribution in [2.75, 3.05) is 13.2 Å². The van der Waals surface area contributed by atoms with Crippen molar-refractivity contribution in [1.29, 1.82) is 0 Å². The first kappa shape index (κ1) is 15.6. The maximum atomic E-state index is 12.4. The Bertz CT molecular complexity index is 658. The van der Waals surface area contributed by atoms with Crippen LogP contribution in [0.5, 0.6) is 0 Å². The Morgan fingerprint density at radius 3 is 3.09 bits per heavy atom. The van der Waals surface area contributed by atoms with Gasteiger partial charge in [-0.05, 0) is 26.0 Å². The van der Waals surface area contributed by atoms with Gasteiger partial charge in [0.15, 0.2) is 0 Å². The molecule has 23 heavy (non-hydrogen) atoms. The van der Waals surface area contributed by atoms with Crippen LogP contribution in [0.1, 0.15) is 26.2 Å². The molecule has 1 amide bonds. The van der Waals surface area contributed by atoms with Gasteiger partial charge in [0.05, 0.1) is 18.8 Å². The van der Waals surface area contributed by atoms with E-state index in [1.165, 1.54) is 0 Å². The Labute approximate surface area is 134 Å². The maximum Gasteiger partial charge on any atom is 0.227 e. The van der Waals surface area contributed by atoms with Gasteiger partial charge in [0, 0.05) is 37.3 Å². The van der Waals surface area contributed by atoms with E-state index in [9.17, 15) is 4.79 Å². The predicted molar refractivity (Wildman–Crippen MR) is 82.4 cm³/mol. The first-order valence-corrected chi connectivity index (χ1v) is 7.77. The van der Waals surface area contributed by atoms with Gasteiger partial charge in [-0.3, -0.25) is 9.78 Å². The lowest BCUT2D eigenvalue weighted by Gasteiger charge is -2.36. The molecule has 2 aromatic rings. The zero-order chi connectivity index (χ0) is 16.2. The Morgan fingerprint density at radius 2 is 2.30 bits per heavy atom. The molecule has 7 heteroatoms. The SMILES string of the molecule is C[C@H]1CN(C(=O)CCc2nc(-c3cccnc3)no2)[C@@H](C)CO1. The van der Waals surface area contributed by atoms with Crippen LogP contribution in [0.25, 0.3) is 11.4 Å². The van der Waals surface area contributed by atoms with Crippen molar-refractivity contribution in [3.8, 4) is 11.4 Å². The fourth-order valence-corrected chi connectivity index (χ4v) is 2.58. The summed E-state index contributed by atoms with van der Waals surface area (Å²) in [5.41, 5.74) is 0.796. The number of ether oxygens (including phenoxy) is 1. The summed E-state index contributed by atoms with van der Waals surface area (Å²) in [6, 6.07) is 3.78. The lowest BCUT2D eigenvalue weighted by Crippen LogP contribution is -2.50. The molecule has 2 atom stereocenters. The van der Waals surface area contributed by atoms with Crippen molar-refractivity contribution in [3.63, 3.8) is 0 Å². The summed E-state index contributed by atoms with van der Waals surface area (Å²) < 4.78 is 10.8. The van der Waals surface area contributed by atoms with E-state index in [0.29, 0.717) is 37.7 Å². The highest BCUT2D eigenvalue weighted by molar-refractivity contribution is 5.76. The maximum absolute atomic E-state index is 12.4. The van der Waals surface area contributed by atoms with Crippen LogP contribution in [0.2, 0.25) is 0 Å². The van der Waals surface area contributed by atoms with Crippen LogP contribution in [0, 0.1) is 0 Å². The third kappa shape index (κ3) is 3.73. The summed E-state index contributed by atoms with van der Waals surface area (Å²) in [5.74, 6) is 1.05. The fourth-order valence-electron chi connectivity index (χ4n) is 2.58. The minimum Gasteiger partial charge on any atom is -0.375 e. The van der Waals surface area contributed by atoms with Gasteiger partial charge in [-0.25, -0.2) is 0 Å². The quantitative estimate of drug-likeness (QED) is 0.854. The first-order valence-electron chi connectivity index (χ1n) is 7.77. The van der Waals surface area contributed by atoms with E-state index in [4.69, 9.17) is 9.26 Å². The number of hydrogen-bond acceptors (Lipinski definition) is 6. The minimum absolute atomic E-state index is 0.0794. The molecule has 7 nitrogen and oxygen atoms in total. The second kappa shape index (κ2) is 6.87. The third-order valence-electron chi connectivity index (χ3n) is 3.87. The number of carbonyl (C=O) groups is 1. The van der Waals surface area contributed by atoms with Crippen LogP contribution >= 0.6 is 0 Å². The molecule has 0 saturated carbocycles. The predicted octanol–water partition coefficient (Wildman–Crippen LogP) is 1.70. The highest BCUT2D eigenvalue weighted by Gasteiger charge is 2.27. The second-order valence-corrected chi connectivity index (χ2v) is 5.79. The number of hydrogen-bond donors (Lipinski definition) is 0. The van der Waals surface area contributed by atoms with E-state index < -0.39 is 0 Å². The molecule has 0 aromatic carbocycles. The molecular formula is C16H20N4O3. The Hall–Kier alpha value is -2.28. The number of pyridine rings is 1. The van der Waals surface area contributed by atoms with Gasteiger partial charge in [0.1, 0.15) is 0 Å². The molecule has 0 aliphatic carbocycles. The summed E-state index contributed by atoms with van der Waals surface area (Å²) in [4.78, 5) is 22.6. The summed E-state index contributed by atoms with van der Waals surface area (Å²) in [7, 11) is 0. The number of carbonyl (C=O) groups excluding carboxylic acids is 1. The van der Waals surface area contributed by atoms with E-state index in [0.717, 1.165) is 5.56 Å². The molecule has 3 heterocycles. The normalized spacial score (nSPS) is 21.4. The average Bonchev–Trinajstić information content (AvgIpc) is 3.05. The van der Waals surface area contributed by atoms with Gasteiger partial charge in [-0.1, -0.05) is 5.16 Å². The number of aryl methyl sites for hydroxylation is 1. The molecule has 3 rings (SSSR count). The lowest BCUT2D eigenvalue weighted by molar-refractivity contribution is -0.143. The lowest BCUT2D eigenvalue weighted by atomic mass is 10.1. The number of nitrogens with zero attached hydrogens (tertiary/aromatic N) is 4. The van der Waals surface area contributed by atoms with E-state index >= 15 is 0 Å². The summed E-state index contributed by atoms with van der Waals surface area (Å²) in [6.07, 6.45) is 4.23. The topological polar surface area (TPSA) is 81.4 Å². The van der Waals surface area contributed by atoms with Gasteiger partial charge < -0.3 is 14.2 Å². The zero-order valence-electron chi connectivity index (χ0n) is 13.3. The van der Waals surface area contributed by atoms with Crippen molar-refractivity contribution in [3.05, 3.63) is 30.4 Å². The minimum atomic E-state index is 0.0794. The molecule has 0 bridgehead atoms. The molecule has 0 radical (unpaired) electrons. The van der Waals surface area contributed by atoms with Crippen LogP contribution in [0.3, 0.4) is 0 Å². The molecule has 122 valence electrons. The van der Waals surface area contributed by atoms with Crippen molar-refractivity contribution in [2.24, 2.45) is 0 Å². The van der Waals surface area contributed by atoms with Crippen LogP contribution in [-0.2, 0) is 16.0 Å². The number of aromatic nitrogens is 3. The molecule has 2 aromatic heterocycles. The first-order chi connectivity index (χ1) is 11.1. The molecule has 1 aliphatic heterocycles. The van der Waals surface area contributed by atoms with Gasteiger partial charge >= 0.3 is 0 Å². The molecule has 1 fully saturated rings. The van der Waals surface area contributed by atoms with E-state index in [1.807, 2.05) is 30.9 Å². The molecule has 0 N–H and O–H groups in total. The smallest absolute Gasteiger partial charge is 0.227 e. The molecule has 1 aliphatic rings. The summed E-state index contributed by atoms with van der Waals surface area (Å²) in [6.45, 7) is 5.19. The monoisotopic (exact) mass is 316 g/mol. The van der Waals surface area contributed by atoms with E-state index in [-0.39, 0.29) is 18.1 Å². The summed E-state index contributed by atoms with van der Waals surface area (Å²) in [5, 5.41) is 3.93. The Balaban J connectivity index is 1.58. The fraction of sp³-hybridized carbons (Fsp3) is 0.500. The third-order valence-corrected chi connectivity index (χ3v) is 3.87. The van der Waals surface area contributed by atoms with Crippen molar-refractivity contribution in [2.45, 2.75) is 38.8 Å². The highest BCUT2D eigenvalue weighted by Crippen LogP contribution is 2.16. The number of morpholine rings is 1. The number of amides is 1. The van der Waals surface area contributed by atoms with Gasteiger partial charge in [-0.15, -0.1) is 0 Å². The van der Waals surface area contributed by atoms with E-state index in [1.54, 1.807) is 12.4 Å². The highest BCUT2D eigenvalue weighted by atomic mass is 16.5. The molecule has 0 spiro atoms. The largest absolute Gasteiger partial charge is 0.375 e. The Morgan fingerprint density at radius 1 is 1.43 bits per heavy atom. The van der Waals surface area contributed by atoms with Crippen LogP contribution in [0.4, 0.5) is 0 Å². The van der Waals surface area contributed by atoms with Crippen LogP contribution < -0.4 is 0 Å². The molecule has 0 unspecified atom stereocenters. The van der Waals surface area contributed by atoms with Crippen molar-refractivity contribution < 1.29 is 14.1 Å². The van der Waals surface area contributed by atoms with Gasteiger partial charge in [-0.2, -0.15) is 4.98 Å². The molecule has 1 saturated heterocycles. The van der Waals surface area contributed by atoms with Gasteiger partial charge in [0.25, 0.3) is 0 Å². The van der Waals surface area contributed by atoms with Gasteiger partial charge in [0.2, 0.25) is 17.6 Å². The number of rotatable bonds is 4. The Kier molecular flexibility index (Phi) is 4.66. The second-order valence-electron chi connectivity index (χ2n) is 5.79. The summed E-state index contributed by atoms with van der Waals surface area (Å²) >= 11 is 0. The zero-order valence-corrected chi connectivity index (χ0v) is 13.3. The standard InChI is InChI=1S/C16H20N4O3/c1-11-10-22-12(2)9-20(11)15(21)6-5-14-18-16(19-23-14)13-4-3-7-17-8-13/h3-4,7-8,11-12H,5-6,9-10H2,1-2H3/t11-,12-/m0/s1. The van der Waals surface area contributed by atoms with E-state index in [2.05, 4.69) is 15.1 Å². The van der Waals surface area contributed by atoms with Crippen molar-refractivity contribution >= 4 is 5.91 Å². The molecular weight excluding hydrogens is 296 g/mol. The van der Waals surface area contributed by atoms with Crippen molar-refractivity contribution in [1.82, 2.24) is 20.0 Å².